The Kier molecular flexibility index (Phi) is 10.3. The molecule has 0 aromatic heterocycles. The van der Waals surface area contributed by atoms with Gasteiger partial charge in [0.25, 0.3) is 0 Å². The number of rotatable bonds is 11. The average molecular weight is 318 g/mol. The molecule has 0 fully saturated rings. The van der Waals surface area contributed by atoms with Gasteiger partial charge in [0.15, 0.2) is 0 Å². The van der Waals surface area contributed by atoms with Crippen LogP contribution in [0, 0.1) is 0 Å². The van der Waals surface area contributed by atoms with E-state index < -0.39 is 29.9 Å². The molecule has 0 aliphatic heterocycles. The second-order valence-electron chi connectivity index (χ2n) is 4.25. The number of aliphatic hydroxyl groups is 1. The smallest absolute Gasteiger partial charge is 0.239 e. The quantitative estimate of drug-likeness (QED) is 0.186. The normalized spacial score (nSPS) is 11.4. The molecule has 11 heteroatoms. The van der Waals surface area contributed by atoms with Crippen molar-refractivity contribution in [3.05, 3.63) is 0 Å². The maximum absolute atomic E-state index is 11.4. The maximum atomic E-state index is 11.4. The van der Waals surface area contributed by atoms with Crippen LogP contribution in [-0.2, 0) is 19.2 Å². The second-order valence-corrected chi connectivity index (χ2v) is 4.25. The van der Waals surface area contributed by atoms with Gasteiger partial charge >= 0.3 is 0 Å². The highest BCUT2D eigenvalue weighted by atomic mass is 16.3. The van der Waals surface area contributed by atoms with Crippen molar-refractivity contribution in [3.8, 4) is 0 Å². The number of amides is 4. The van der Waals surface area contributed by atoms with E-state index in [1.807, 2.05) is 0 Å². The van der Waals surface area contributed by atoms with E-state index in [2.05, 4.69) is 21.3 Å². The summed E-state index contributed by atoms with van der Waals surface area (Å²) >= 11 is 0. The largest absolute Gasteiger partial charge is 0.377 e. The van der Waals surface area contributed by atoms with E-state index in [1.54, 1.807) is 0 Å². The first-order valence-electron chi connectivity index (χ1n) is 6.55. The van der Waals surface area contributed by atoms with Gasteiger partial charge in [-0.25, -0.2) is 0 Å². The van der Waals surface area contributed by atoms with E-state index in [0.29, 0.717) is 0 Å². The zero-order chi connectivity index (χ0) is 17.0. The topological polar surface area (TPSA) is 189 Å². The third-order valence-electron chi connectivity index (χ3n) is 2.32. The van der Waals surface area contributed by atoms with E-state index >= 15 is 0 Å². The highest BCUT2D eigenvalue weighted by Crippen LogP contribution is 1.76. The van der Waals surface area contributed by atoms with Crippen LogP contribution in [-0.4, -0.2) is 67.7 Å². The van der Waals surface area contributed by atoms with Crippen LogP contribution in [0.2, 0.25) is 0 Å². The molecule has 22 heavy (non-hydrogen) atoms. The van der Waals surface area contributed by atoms with Crippen LogP contribution in [0.15, 0.2) is 0 Å². The summed E-state index contributed by atoms with van der Waals surface area (Å²) in [5.74, 6) is -1.96. The van der Waals surface area contributed by atoms with Gasteiger partial charge in [0.05, 0.1) is 26.2 Å². The van der Waals surface area contributed by atoms with Gasteiger partial charge < -0.3 is 32.5 Å². The van der Waals surface area contributed by atoms with Crippen molar-refractivity contribution in [2.45, 2.75) is 12.6 Å². The monoisotopic (exact) mass is 318 g/mol. The highest BCUT2D eigenvalue weighted by Gasteiger charge is 2.09. The van der Waals surface area contributed by atoms with Gasteiger partial charge in [-0.05, 0) is 0 Å². The fourth-order valence-corrected chi connectivity index (χ4v) is 1.19. The molecule has 0 rings (SSSR count). The zero-order valence-electron chi connectivity index (χ0n) is 12.1. The molecule has 11 nitrogen and oxygen atoms in total. The minimum Gasteiger partial charge on any atom is -0.377 e. The molecule has 1 atom stereocenters. The van der Waals surface area contributed by atoms with Crippen molar-refractivity contribution in [3.63, 3.8) is 0 Å². The molecular formula is C11H22N6O5. The lowest BCUT2D eigenvalue weighted by molar-refractivity contribution is -0.126. The number of aliphatic hydroxyl groups excluding tert-OH is 1. The van der Waals surface area contributed by atoms with Crippen LogP contribution >= 0.6 is 0 Å². The number of hydrogen-bond donors (Lipinski definition) is 7. The van der Waals surface area contributed by atoms with E-state index in [-0.39, 0.29) is 39.1 Å². The number of hydrogen-bond acceptors (Lipinski definition) is 7. The Hall–Kier alpha value is -2.24. The summed E-state index contributed by atoms with van der Waals surface area (Å²) in [4.78, 5) is 43.9. The summed E-state index contributed by atoms with van der Waals surface area (Å²) in [6.45, 7) is -0.704. The Morgan fingerprint density at radius 3 is 2.18 bits per heavy atom. The average Bonchev–Trinajstić information content (AvgIpc) is 2.47. The van der Waals surface area contributed by atoms with Crippen molar-refractivity contribution in [1.29, 1.82) is 0 Å². The van der Waals surface area contributed by atoms with E-state index in [9.17, 15) is 24.3 Å². The van der Waals surface area contributed by atoms with E-state index in [4.69, 9.17) is 11.5 Å². The van der Waals surface area contributed by atoms with Crippen molar-refractivity contribution in [2.24, 2.45) is 11.5 Å². The first-order valence-corrected chi connectivity index (χ1v) is 6.55. The van der Waals surface area contributed by atoms with E-state index in [1.165, 1.54) is 0 Å². The summed E-state index contributed by atoms with van der Waals surface area (Å²) < 4.78 is 0. The molecule has 0 heterocycles. The summed E-state index contributed by atoms with van der Waals surface area (Å²) in [5.41, 5.74) is 9.95. The fourth-order valence-electron chi connectivity index (χ4n) is 1.19. The lowest BCUT2D eigenvalue weighted by atomic mass is 10.4. The summed E-state index contributed by atoms with van der Waals surface area (Å²) in [5, 5.41) is 18.9. The van der Waals surface area contributed by atoms with E-state index in [0.717, 1.165) is 0 Å². The maximum Gasteiger partial charge on any atom is 0.239 e. The second kappa shape index (κ2) is 11.4. The Bertz CT molecular complexity index is 402. The first kappa shape index (κ1) is 19.8. The Morgan fingerprint density at radius 1 is 0.955 bits per heavy atom. The molecule has 0 spiro atoms. The summed E-state index contributed by atoms with van der Waals surface area (Å²) in [7, 11) is 0. The number of primary amides is 1. The van der Waals surface area contributed by atoms with Crippen LogP contribution in [0.1, 0.15) is 6.42 Å². The number of carbonyl (C=O) groups excluding carboxylic acids is 4. The summed E-state index contributed by atoms with van der Waals surface area (Å²) in [6, 6.07) is 0. The molecule has 126 valence electrons. The molecule has 0 aromatic rings. The predicted molar refractivity (Wildman–Crippen MR) is 75.9 cm³/mol. The highest BCUT2D eigenvalue weighted by molar-refractivity contribution is 5.85. The molecule has 9 N–H and O–H groups in total. The van der Waals surface area contributed by atoms with Crippen LogP contribution in [0.5, 0.6) is 0 Å². The molecule has 0 radical (unpaired) electrons. The van der Waals surface area contributed by atoms with Gasteiger partial charge in [-0.1, -0.05) is 0 Å². The van der Waals surface area contributed by atoms with Crippen LogP contribution in [0.3, 0.4) is 0 Å². The molecule has 1 unspecified atom stereocenters. The SMILES string of the molecule is NCC(=O)NCC(O)NCC(=O)NCC(=O)NCCC(N)=O. The molecule has 0 aliphatic carbocycles. The molecular weight excluding hydrogens is 296 g/mol. The third-order valence-corrected chi connectivity index (χ3v) is 2.32. The first-order chi connectivity index (χ1) is 10.3. The Balaban J connectivity index is 3.70. The van der Waals surface area contributed by atoms with Gasteiger partial charge in [-0.15, -0.1) is 0 Å². The predicted octanol–water partition coefficient (Wildman–Crippen LogP) is -4.92. The van der Waals surface area contributed by atoms with Gasteiger partial charge in [0.2, 0.25) is 23.6 Å². The minimum absolute atomic E-state index is 0.0158. The number of carbonyl (C=O) groups is 4. The Morgan fingerprint density at radius 2 is 1.59 bits per heavy atom. The molecule has 0 saturated heterocycles. The van der Waals surface area contributed by atoms with Crippen LogP contribution in [0.25, 0.3) is 0 Å². The standard InChI is InChI=1S/C11H22N6O5/c12-3-8(19)15-5-10(21)17-6-11(22)16-4-9(20)14-2-1-7(13)18/h10,17,21H,1-6,12H2,(H2,13,18)(H,14,20)(H,15,19)(H,16,22). The van der Waals surface area contributed by atoms with Gasteiger partial charge in [-0.3, -0.25) is 24.5 Å². The van der Waals surface area contributed by atoms with Crippen molar-refractivity contribution >= 4 is 23.6 Å². The molecule has 0 saturated carbocycles. The third kappa shape index (κ3) is 11.6. The van der Waals surface area contributed by atoms with Crippen molar-refractivity contribution < 1.29 is 24.3 Å². The van der Waals surface area contributed by atoms with Crippen LogP contribution in [0.4, 0.5) is 0 Å². The zero-order valence-corrected chi connectivity index (χ0v) is 12.1. The lowest BCUT2D eigenvalue weighted by Gasteiger charge is -2.13. The molecule has 0 bridgehead atoms. The fraction of sp³-hybridized carbons (Fsp3) is 0.636. The minimum atomic E-state index is -1.12. The summed E-state index contributed by atoms with van der Waals surface area (Å²) in [6.07, 6.45) is -1.10. The van der Waals surface area contributed by atoms with Gasteiger partial charge in [-0.2, -0.15) is 0 Å². The lowest BCUT2D eigenvalue weighted by Crippen LogP contribution is -2.47. The van der Waals surface area contributed by atoms with Gasteiger partial charge in [0.1, 0.15) is 6.23 Å². The molecule has 4 amide bonds. The van der Waals surface area contributed by atoms with Crippen LogP contribution < -0.4 is 32.7 Å². The molecule has 0 aliphatic rings. The number of nitrogens with one attached hydrogen (secondary N) is 4. The van der Waals surface area contributed by atoms with Crippen molar-refractivity contribution in [1.82, 2.24) is 21.3 Å². The van der Waals surface area contributed by atoms with Gasteiger partial charge in [0, 0.05) is 13.0 Å². The Labute approximate surface area is 127 Å². The molecule has 0 aromatic carbocycles. The number of nitrogens with two attached hydrogens (primary N) is 2. The van der Waals surface area contributed by atoms with Crippen molar-refractivity contribution in [2.75, 3.05) is 32.7 Å².